The van der Waals surface area contributed by atoms with Crippen molar-refractivity contribution in [1.29, 1.82) is 0 Å². The molecule has 0 spiro atoms. The fourth-order valence-corrected chi connectivity index (χ4v) is 5.33. The number of fused-ring (bicyclic) bond motifs is 1. The summed E-state index contributed by atoms with van der Waals surface area (Å²) in [4.78, 5) is 65.2. The van der Waals surface area contributed by atoms with Gasteiger partial charge in [0.25, 0.3) is 5.91 Å². The van der Waals surface area contributed by atoms with Crippen LogP contribution in [0.2, 0.25) is 0 Å². The highest BCUT2D eigenvalue weighted by molar-refractivity contribution is 6.37. The first-order valence-electron chi connectivity index (χ1n) is 12.6. The summed E-state index contributed by atoms with van der Waals surface area (Å²) in [7, 11) is 0. The van der Waals surface area contributed by atoms with E-state index in [1.165, 1.54) is 0 Å². The lowest BCUT2D eigenvalue weighted by molar-refractivity contribution is -0.145. The Morgan fingerprint density at radius 2 is 1.68 bits per heavy atom. The molecule has 2 saturated carbocycles. The van der Waals surface area contributed by atoms with Crippen LogP contribution in [-0.2, 0) is 24.0 Å². The Morgan fingerprint density at radius 1 is 1.06 bits per heavy atom. The maximum atomic E-state index is 13.6. The van der Waals surface area contributed by atoms with Crippen molar-refractivity contribution in [2.45, 2.75) is 85.4 Å². The summed E-state index contributed by atoms with van der Waals surface area (Å²) < 4.78 is 0. The number of ketones is 1. The van der Waals surface area contributed by atoms with Gasteiger partial charge in [0.1, 0.15) is 12.1 Å². The van der Waals surface area contributed by atoms with Crippen LogP contribution in [0.5, 0.6) is 0 Å². The summed E-state index contributed by atoms with van der Waals surface area (Å²) in [5.74, 6) is -2.73. The molecular formula is C25H40N4O5. The van der Waals surface area contributed by atoms with E-state index in [4.69, 9.17) is 5.73 Å². The molecule has 4 N–H and O–H groups in total. The van der Waals surface area contributed by atoms with Gasteiger partial charge in [-0.25, -0.2) is 0 Å². The zero-order valence-corrected chi connectivity index (χ0v) is 21.2. The lowest BCUT2D eigenvalue weighted by Gasteiger charge is -2.35. The Bertz CT molecular complexity index is 865. The predicted molar refractivity (Wildman–Crippen MR) is 126 cm³/mol. The number of piperidine rings is 1. The number of nitrogens with one attached hydrogen (secondary N) is 2. The number of rotatable bonds is 11. The van der Waals surface area contributed by atoms with Crippen molar-refractivity contribution in [2.24, 2.45) is 40.7 Å². The van der Waals surface area contributed by atoms with Gasteiger partial charge >= 0.3 is 0 Å². The molecule has 190 valence electrons. The van der Waals surface area contributed by atoms with Crippen LogP contribution in [0, 0.1) is 35.0 Å². The summed E-state index contributed by atoms with van der Waals surface area (Å²) in [6.45, 7) is 12.0. The lowest BCUT2D eigenvalue weighted by atomic mass is 9.96. The summed E-state index contributed by atoms with van der Waals surface area (Å²) in [6.07, 6.45) is 2.95. The van der Waals surface area contributed by atoms with Gasteiger partial charge in [-0.3, -0.25) is 24.0 Å². The first-order chi connectivity index (χ1) is 15.8. The lowest BCUT2D eigenvalue weighted by Crippen LogP contribution is -2.59. The first kappa shape index (κ1) is 26.2. The molecule has 3 rings (SSSR count). The van der Waals surface area contributed by atoms with Crippen LogP contribution in [0.15, 0.2) is 0 Å². The number of nitrogens with zero attached hydrogens (tertiary/aromatic N) is 1. The molecule has 0 radical (unpaired) electrons. The van der Waals surface area contributed by atoms with E-state index in [1.807, 2.05) is 27.7 Å². The molecule has 2 aliphatic carbocycles. The number of amides is 4. The van der Waals surface area contributed by atoms with E-state index in [2.05, 4.69) is 24.5 Å². The fraction of sp³-hybridized carbons (Fsp3) is 0.800. The van der Waals surface area contributed by atoms with Crippen LogP contribution < -0.4 is 16.4 Å². The fourth-order valence-electron chi connectivity index (χ4n) is 5.33. The molecule has 9 heteroatoms. The largest absolute Gasteiger partial charge is 0.363 e. The Morgan fingerprint density at radius 3 is 2.18 bits per heavy atom. The van der Waals surface area contributed by atoms with Crippen molar-refractivity contribution in [3.8, 4) is 0 Å². The molecule has 3 fully saturated rings. The Labute approximate surface area is 201 Å². The Hall–Kier alpha value is -2.45. The van der Waals surface area contributed by atoms with Crippen molar-refractivity contribution in [1.82, 2.24) is 15.5 Å². The zero-order valence-electron chi connectivity index (χ0n) is 21.2. The minimum atomic E-state index is -1.07. The Balaban J connectivity index is 1.80. The first-order valence-corrected chi connectivity index (χ1v) is 12.6. The molecule has 0 aromatic carbocycles. The summed E-state index contributed by atoms with van der Waals surface area (Å²) >= 11 is 0. The van der Waals surface area contributed by atoms with Crippen molar-refractivity contribution in [3.05, 3.63) is 0 Å². The molecule has 0 aromatic rings. The van der Waals surface area contributed by atoms with E-state index >= 15 is 0 Å². The van der Waals surface area contributed by atoms with Gasteiger partial charge in [0.05, 0.1) is 6.04 Å². The SMILES string of the molecule is CC[C@H](C)C(=O)N[C@H](C(=O)N1C[C@H]2[C@@H]([C@H]1C(=O)NC(CC1CC1)C(=O)C(N)=O)C2(C)C)C(C)C. The standard InChI is InChI=1S/C25H40N4O5/c1-7-13(4)22(32)28-18(12(2)3)24(34)29-11-15-17(25(15,5)6)19(29)23(33)27-16(10-14-8-9-14)20(30)21(26)31/h12-19H,7-11H2,1-6H3,(H2,26,31)(H,27,33)(H,28,32)/t13-,15-,16?,17-,18-,19-/m0/s1. The van der Waals surface area contributed by atoms with Crippen LogP contribution in [0.4, 0.5) is 0 Å². The van der Waals surface area contributed by atoms with E-state index in [1.54, 1.807) is 4.90 Å². The van der Waals surface area contributed by atoms with Gasteiger partial charge < -0.3 is 21.3 Å². The van der Waals surface area contributed by atoms with Crippen LogP contribution in [0.25, 0.3) is 0 Å². The number of nitrogens with two attached hydrogens (primary N) is 1. The molecule has 1 heterocycles. The highest BCUT2D eigenvalue weighted by atomic mass is 16.2. The number of primary amides is 1. The quantitative estimate of drug-likeness (QED) is 0.382. The number of hydrogen-bond donors (Lipinski definition) is 3. The highest BCUT2D eigenvalue weighted by Crippen LogP contribution is 2.65. The minimum absolute atomic E-state index is 0.0419. The van der Waals surface area contributed by atoms with E-state index in [9.17, 15) is 24.0 Å². The molecular weight excluding hydrogens is 436 g/mol. The van der Waals surface area contributed by atoms with Gasteiger partial charge in [-0.05, 0) is 41.9 Å². The molecule has 3 aliphatic rings. The molecule has 1 unspecified atom stereocenters. The smallest absolute Gasteiger partial charge is 0.287 e. The number of carbonyl (C=O) groups excluding carboxylic acids is 5. The number of Topliss-reactive ketones (excluding diaryl/α,β-unsaturated/α-hetero) is 1. The van der Waals surface area contributed by atoms with Crippen molar-refractivity contribution >= 4 is 29.4 Å². The molecule has 0 bridgehead atoms. The van der Waals surface area contributed by atoms with Gasteiger partial charge in [-0.2, -0.15) is 0 Å². The van der Waals surface area contributed by atoms with Crippen LogP contribution in [-0.4, -0.2) is 59.0 Å². The summed E-state index contributed by atoms with van der Waals surface area (Å²) in [6, 6.07) is -2.47. The molecule has 6 atom stereocenters. The predicted octanol–water partition coefficient (Wildman–Crippen LogP) is 0.996. The average molecular weight is 477 g/mol. The van der Waals surface area contributed by atoms with E-state index in [0.717, 1.165) is 12.8 Å². The van der Waals surface area contributed by atoms with E-state index in [-0.39, 0.29) is 40.9 Å². The molecule has 0 aromatic heterocycles. The minimum Gasteiger partial charge on any atom is -0.363 e. The normalized spacial score (nSPS) is 27.4. The number of carbonyl (C=O) groups is 5. The molecule has 9 nitrogen and oxygen atoms in total. The van der Waals surface area contributed by atoms with Crippen molar-refractivity contribution < 1.29 is 24.0 Å². The van der Waals surface area contributed by atoms with Gasteiger partial charge in [0.2, 0.25) is 23.5 Å². The highest BCUT2D eigenvalue weighted by Gasteiger charge is 2.69. The molecule has 1 aliphatic heterocycles. The third kappa shape index (κ3) is 5.13. The Kier molecular flexibility index (Phi) is 7.43. The number of hydrogen-bond acceptors (Lipinski definition) is 5. The van der Waals surface area contributed by atoms with Crippen LogP contribution in [0.3, 0.4) is 0 Å². The van der Waals surface area contributed by atoms with Crippen molar-refractivity contribution in [2.75, 3.05) is 6.54 Å². The van der Waals surface area contributed by atoms with Crippen LogP contribution in [0.1, 0.15) is 67.2 Å². The topological polar surface area (TPSA) is 139 Å². The molecule has 4 amide bonds. The average Bonchev–Trinajstić information content (AvgIpc) is 3.62. The summed E-state index contributed by atoms with van der Waals surface area (Å²) in [5.41, 5.74) is 5.12. The maximum absolute atomic E-state index is 13.6. The second kappa shape index (κ2) is 9.66. The zero-order chi connectivity index (χ0) is 25.5. The van der Waals surface area contributed by atoms with Crippen molar-refractivity contribution in [3.63, 3.8) is 0 Å². The van der Waals surface area contributed by atoms with Gasteiger partial charge in [-0.1, -0.05) is 54.4 Å². The monoisotopic (exact) mass is 476 g/mol. The van der Waals surface area contributed by atoms with Crippen LogP contribution >= 0.6 is 0 Å². The second-order valence-electron chi connectivity index (χ2n) is 11.4. The molecule has 34 heavy (non-hydrogen) atoms. The van der Waals surface area contributed by atoms with E-state index < -0.39 is 35.7 Å². The summed E-state index contributed by atoms with van der Waals surface area (Å²) in [5, 5.41) is 5.64. The third-order valence-corrected chi connectivity index (χ3v) is 8.19. The maximum Gasteiger partial charge on any atom is 0.287 e. The van der Waals surface area contributed by atoms with Gasteiger partial charge in [-0.15, -0.1) is 0 Å². The van der Waals surface area contributed by atoms with Gasteiger partial charge in [0, 0.05) is 12.5 Å². The number of likely N-dealkylation sites (tertiary alicyclic amines) is 1. The van der Waals surface area contributed by atoms with Gasteiger partial charge in [0.15, 0.2) is 0 Å². The molecule has 1 saturated heterocycles. The van der Waals surface area contributed by atoms with E-state index in [0.29, 0.717) is 25.3 Å². The second-order valence-corrected chi connectivity index (χ2v) is 11.4. The third-order valence-electron chi connectivity index (χ3n) is 8.19.